The van der Waals surface area contributed by atoms with E-state index in [9.17, 15) is 0 Å². The van der Waals surface area contributed by atoms with Crippen molar-refractivity contribution in [2.24, 2.45) is 0 Å². The molecule has 0 fully saturated rings. The van der Waals surface area contributed by atoms with Crippen LogP contribution in [0.3, 0.4) is 0 Å². The third-order valence-electron chi connectivity index (χ3n) is 4.25. The van der Waals surface area contributed by atoms with Gasteiger partial charge in [0.25, 0.3) is 0 Å². The van der Waals surface area contributed by atoms with Crippen LogP contribution in [0, 0.1) is 0 Å². The molecule has 4 rings (SSSR count). The van der Waals surface area contributed by atoms with E-state index in [0.717, 1.165) is 35.8 Å². The molecular formula is C20H19N5. The van der Waals surface area contributed by atoms with Crippen LogP contribution in [0.5, 0.6) is 0 Å². The van der Waals surface area contributed by atoms with Gasteiger partial charge in [-0.15, -0.1) is 15.3 Å². The van der Waals surface area contributed by atoms with Crippen LogP contribution >= 0.6 is 0 Å². The minimum atomic E-state index is 0.749. The molecular weight excluding hydrogens is 310 g/mol. The number of aromatic nitrogens is 4. The predicted octanol–water partition coefficient (Wildman–Crippen LogP) is 3.47. The number of fused-ring (bicyclic) bond motifs is 1. The third-order valence-corrected chi connectivity index (χ3v) is 4.25. The van der Waals surface area contributed by atoms with E-state index in [4.69, 9.17) is 5.10 Å². The van der Waals surface area contributed by atoms with Crippen LogP contribution in [0.15, 0.2) is 72.8 Å². The molecule has 0 saturated heterocycles. The zero-order valence-electron chi connectivity index (χ0n) is 14.1. The lowest BCUT2D eigenvalue weighted by molar-refractivity contribution is 0.823. The van der Waals surface area contributed by atoms with E-state index in [2.05, 4.69) is 46.4 Å². The standard InChI is InChI=1S/C20H19N5/c1-24(15-14-16-8-4-2-5-9-16)19-13-12-18-21-22-20(25(18)23-19)17-10-6-3-7-11-17/h2-13H,14-15H2,1H3. The van der Waals surface area contributed by atoms with Gasteiger partial charge in [-0.2, -0.15) is 4.52 Å². The summed E-state index contributed by atoms with van der Waals surface area (Å²) in [7, 11) is 2.06. The third kappa shape index (κ3) is 3.21. The van der Waals surface area contributed by atoms with E-state index in [-0.39, 0.29) is 0 Å². The van der Waals surface area contributed by atoms with E-state index in [1.807, 2.05) is 53.0 Å². The molecule has 124 valence electrons. The molecule has 0 atom stereocenters. The van der Waals surface area contributed by atoms with Crippen LogP contribution < -0.4 is 4.90 Å². The molecule has 0 N–H and O–H groups in total. The van der Waals surface area contributed by atoms with E-state index in [1.54, 1.807) is 0 Å². The number of hydrogen-bond donors (Lipinski definition) is 0. The number of anilines is 1. The summed E-state index contributed by atoms with van der Waals surface area (Å²) >= 11 is 0. The number of likely N-dealkylation sites (N-methyl/N-ethyl adjacent to an activating group) is 1. The molecule has 2 aromatic heterocycles. The lowest BCUT2D eigenvalue weighted by Gasteiger charge is -2.18. The Balaban J connectivity index is 1.60. The fraction of sp³-hybridized carbons (Fsp3) is 0.150. The average Bonchev–Trinajstić information content (AvgIpc) is 3.11. The second kappa shape index (κ2) is 6.73. The SMILES string of the molecule is CN(CCc1ccccc1)c1ccc2nnc(-c3ccccc3)n2n1. The monoisotopic (exact) mass is 329 g/mol. The fourth-order valence-electron chi connectivity index (χ4n) is 2.81. The maximum absolute atomic E-state index is 4.74. The van der Waals surface area contributed by atoms with Crippen molar-refractivity contribution in [1.29, 1.82) is 0 Å². The summed E-state index contributed by atoms with van der Waals surface area (Å²) in [4.78, 5) is 2.15. The summed E-state index contributed by atoms with van der Waals surface area (Å²) in [5.74, 6) is 1.66. The summed E-state index contributed by atoms with van der Waals surface area (Å²) in [6.45, 7) is 0.894. The smallest absolute Gasteiger partial charge is 0.185 e. The van der Waals surface area contributed by atoms with Gasteiger partial charge in [0.05, 0.1) is 0 Å². The Morgan fingerprint density at radius 3 is 2.32 bits per heavy atom. The Labute approximate surface area is 146 Å². The maximum atomic E-state index is 4.74. The summed E-state index contributed by atoms with van der Waals surface area (Å²) in [5, 5.41) is 13.3. The highest BCUT2D eigenvalue weighted by Gasteiger charge is 2.11. The number of rotatable bonds is 5. The van der Waals surface area contributed by atoms with Crippen LogP contribution in [-0.2, 0) is 6.42 Å². The molecule has 0 aliphatic rings. The van der Waals surface area contributed by atoms with Crippen molar-refractivity contribution in [2.45, 2.75) is 6.42 Å². The molecule has 0 spiro atoms. The maximum Gasteiger partial charge on any atom is 0.185 e. The number of nitrogens with zero attached hydrogens (tertiary/aromatic N) is 5. The van der Waals surface area contributed by atoms with Crippen molar-refractivity contribution in [3.05, 3.63) is 78.4 Å². The van der Waals surface area contributed by atoms with Gasteiger partial charge in [0.15, 0.2) is 11.5 Å². The second-order valence-corrected chi connectivity index (χ2v) is 6.01. The van der Waals surface area contributed by atoms with Gasteiger partial charge in [-0.25, -0.2) is 0 Å². The molecule has 5 heteroatoms. The zero-order chi connectivity index (χ0) is 17.1. The Morgan fingerprint density at radius 2 is 1.56 bits per heavy atom. The van der Waals surface area contributed by atoms with E-state index in [0.29, 0.717) is 0 Å². The van der Waals surface area contributed by atoms with Crippen LogP contribution in [0.25, 0.3) is 17.0 Å². The molecule has 0 amide bonds. The van der Waals surface area contributed by atoms with Crippen LogP contribution in [0.1, 0.15) is 5.56 Å². The summed E-state index contributed by atoms with van der Waals surface area (Å²) in [6, 6.07) is 24.4. The van der Waals surface area contributed by atoms with Gasteiger partial charge in [0.1, 0.15) is 5.82 Å². The van der Waals surface area contributed by atoms with E-state index >= 15 is 0 Å². The van der Waals surface area contributed by atoms with Gasteiger partial charge in [0, 0.05) is 19.2 Å². The molecule has 0 bridgehead atoms. The van der Waals surface area contributed by atoms with Crippen molar-refractivity contribution in [2.75, 3.05) is 18.5 Å². The van der Waals surface area contributed by atoms with E-state index in [1.165, 1.54) is 5.56 Å². The number of benzene rings is 2. The molecule has 0 saturated carbocycles. The minimum absolute atomic E-state index is 0.749. The van der Waals surface area contributed by atoms with Gasteiger partial charge >= 0.3 is 0 Å². The van der Waals surface area contributed by atoms with E-state index < -0.39 is 0 Å². The summed E-state index contributed by atoms with van der Waals surface area (Å²) in [6.07, 6.45) is 0.977. The Bertz CT molecular complexity index is 963. The molecule has 2 aromatic carbocycles. The molecule has 0 unspecified atom stereocenters. The van der Waals surface area contributed by atoms with Gasteiger partial charge in [-0.1, -0.05) is 60.7 Å². The molecule has 25 heavy (non-hydrogen) atoms. The normalized spacial score (nSPS) is 10.9. The highest BCUT2D eigenvalue weighted by Crippen LogP contribution is 2.19. The summed E-state index contributed by atoms with van der Waals surface area (Å²) in [5.41, 5.74) is 3.08. The Morgan fingerprint density at radius 1 is 0.840 bits per heavy atom. The minimum Gasteiger partial charge on any atom is -0.358 e. The zero-order valence-corrected chi connectivity index (χ0v) is 14.1. The van der Waals surface area contributed by atoms with Crippen LogP contribution in [0.4, 0.5) is 5.82 Å². The lowest BCUT2D eigenvalue weighted by atomic mass is 10.1. The molecule has 0 aliphatic carbocycles. The summed E-state index contributed by atoms with van der Waals surface area (Å²) < 4.78 is 1.81. The van der Waals surface area contributed by atoms with Crippen molar-refractivity contribution in [3.63, 3.8) is 0 Å². The van der Waals surface area contributed by atoms with Crippen molar-refractivity contribution in [1.82, 2.24) is 19.8 Å². The first-order chi connectivity index (χ1) is 12.3. The molecule has 0 radical (unpaired) electrons. The Kier molecular flexibility index (Phi) is 4.12. The van der Waals surface area contributed by atoms with Crippen molar-refractivity contribution in [3.8, 4) is 11.4 Å². The molecule has 4 aromatic rings. The molecule has 2 heterocycles. The molecule has 0 aliphatic heterocycles. The van der Waals surface area contributed by atoms with Gasteiger partial charge in [-0.3, -0.25) is 0 Å². The largest absolute Gasteiger partial charge is 0.358 e. The highest BCUT2D eigenvalue weighted by molar-refractivity contribution is 5.59. The van der Waals surface area contributed by atoms with Gasteiger partial charge < -0.3 is 4.90 Å². The predicted molar refractivity (Wildman–Crippen MR) is 99.6 cm³/mol. The van der Waals surface area contributed by atoms with Crippen molar-refractivity contribution < 1.29 is 0 Å². The Hall–Kier alpha value is -3.21. The topological polar surface area (TPSA) is 46.3 Å². The van der Waals surface area contributed by atoms with Gasteiger partial charge in [-0.05, 0) is 24.1 Å². The second-order valence-electron chi connectivity index (χ2n) is 6.01. The van der Waals surface area contributed by atoms with Crippen LogP contribution in [0.2, 0.25) is 0 Å². The van der Waals surface area contributed by atoms with Crippen LogP contribution in [-0.4, -0.2) is 33.4 Å². The number of hydrogen-bond acceptors (Lipinski definition) is 4. The first-order valence-electron chi connectivity index (χ1n) is 8.34. The highest BCUT2D eigenvalue weighted by atomic mass is 15.4. The average molecular weight is 329 g/mol. The lowest BCUT2D eigenvalue weighted by Crippen LogP contribution is -2.22. The van der Waals surface area contributed by atoms with Gasteiger partial charge in [0.2, 0.25) is 0 Å². The first-order valence-corrected chi connectivity index (χ1v) is 8.34. The van der Waals surface area contributed by atoms with Crippen molar-refractivity contribution >= 4 is 11.5 Å². The fourth-order valence-corrected chi connectivity index (χ4v) is 2.81. The molecule has 5 nitrogen and oxygen atoms in total. The first kappa shape index (κ1) is 15.3. The quantitative estimate of drug-likeness (QED) is 0.562.